The van der Waals surface area contributed by atoms with Gasteiger partial charge in [0.15, 0.2) is 6.10 Å². The van der Waals surface area contributed by atoms with Gasteiger partial charge in [0.1, 0.15) is 0 Å². The molecule has 0 aliphatic rings. The molecule has 7 nitrogen and oxygen atoms in total. The summed E-state index contributed by atoms with van der Waals surface area (Å²) in [7, 11) is 0. The highest BCUT2D eigenvalue weighted by atomic mass is 16.5. The quantitative estimate of drug-likeness (QED) is 0.469. The van der Waals surface area contributed by atoms with E-state index in [1.807, 2.05) is 24.3 Å². The van der Waals surface area contributed by atoms with Gasteiger partial charge in [-0.3, -0.25) is 9.59 Å². The molecular formula is C22H24N2O5. The van der Waals surface area contributed by atoms with Crippen LogP contribution in [0.3, 0.4) is 0 Å². The first-order chi connectivity index (χ1) is 13.8. The van der Waals surface area contributed by atoms with Crippen LogP contribution in [-0.4, -0.2) is 40.4 Å². The molecule has 0 aliphatic carbocycles. The molecule has 152 valence electrons. The van der Waals surface area contributed by atoms with E-state index in [1.54, 1.807) is 27.0 Å². The van der Waals surface area contributed by atoms with Crippen LogP contribution in [0.4, 0.5) is 0 Å². The number of fused-ring (bicyclic) bond motifs is 1. The van der Waals surface area contributed by atoms with Crippen LogP contribution in [0.2, 0.25) is 0 Å². The summed E-state index contributed by atoms with van der Waals surface area (Å²) in [4.78, 5) is 43.3. The van der Waals surface area contributed by atoms with Crippen LogP contribution in [0.1, 0.15) is 51.5 Å². The maximum atomic E-state index is 12.8. The molecule has 7 heteroatoms. The Morgan fingerprint density at radius 1 is 1.14 bits per heavy atom. The summed E-state index contributed by atoms with van der Waals surface area (Å²) in [5.41, 5.74) is 3.36. The fourth-order valence-corrected chi connectivity index (χ4v) is 3.43. The molecule has 0 saturated heterocycles. The number of aryl methyl sites for hydroxylation is 1. The summed E-state index contributed by atoms with van der Waals surface area (Å²) < 4.78 is 10.4. The number of rotatable bonds is 7. The van der Waals surface area contributed by atoms with Gasteiger partial charge in [-0.1, -0.05) is 18.2 Å². The number of hydrogen-bond acceptors (Lipinski definition) is 5. The third kappa shape index (κ3) is 4.08. The Labute approximate surface area is 168 Å². The number of Topliss-reactive ketones (excluding diaryl/α,β-unsaturated/α-hetero) is 1. The molecule has 0 spiro atoms. The van der Waals surface area contributed by atoms with E-state index in [-0.39, 0.29) is 18.7 Å². The summed E-state index contributed by atoms with van der Waals surface area (Å²) in [6, 6.07) is 7.65. The number of H-pyrrole nitrogens is 2. The molecule has 2 aromatic heterocycles. The average molecular weight is 396 g/mol. The van der Waals surface area contributed by atoms with Crippen molar-refractivity contribution in [3.05, 3.63) is 58.5 Å². The zero-order valence-corrected chi connectivity index (χ0v) is 16.9. The molecule has 2 heterocycles. The lowest BCUT2D eigenvalue weighted by Crippen LogP contribution is -2.26. The second-order valence-corrected chi connectivity index (χ2v) is 6.88. The van der Waals surface area contributed by atoms with Crippen LogP contribution in [0.25, 0.3) is 10.9 Å². The minimum Gasteiger partial charge on any atom is -0.462 e. The van der Waals surface area contributed by atoms with Gasteiger partial charge in [0.2, 0.25) is 5.78 Å². The van der Waals surface area contributed by atoms with Crippen LogP contribution in [0.15, 0.2) is 30.5 Å². The number of hydrogen-bond donors (Lipinski definition) is 2. The maximum absolute atomic E-state index is 12.8. The zero-order chi connectivity index (χ0) is 21.1. The van der Waals surface area contributed by atoms with Crippen LogP contribution >= 0.6 is 0 Å². The number of ketones is 1. The highest BCUT2D eigenvalue weighted by Crippen LogP contribution is 2.22. The van der Waals surface area contributed by atoms with Crippen molar-refractivity contribution in [2.75, 3.05) is 6.61 Å². The molecule has 29 heavy (non-hydrogen) atoms. The summed E-state index contributed by atoms with van der Waals surface area (Å²) in [6.45, 7) is 6.85. The van der Waals surface area contributed by atoms with E-state index in [0.717, 1.165) is 16.5 Å². The fraction of sp³-hybridized carbons (Fsp3) is 0.318. The van der Waals surface area contributed by atoms with Gasteiger partial charge >= 0.3 is 11.9 Å². The van der Waals surface area contributed by atoms with E-state index in [2.05, 4.69) is 9.97 Å². The van der Waals surface area contributed by atoms with Crippen LogP contribution in [-0.2, 0) is 20.7 Å². The Kier molecular flexibility index (Phi) is 5.87. The number of esters is 2. The Morgan fingerprint density at radius 3 is 2.59 bits per heavy atom. The lowest BCUT2D eigenvalue weighted by atomic mass is 10.1. The summed E-state index contributed by atoms with van der Waals surface area (Å²) in [6.07, 6.45) is 0.834. The number of benzene rings is 1. The first-order valence-corrected chi connectivity index (χ1v) is 9.48. The number of carbonyl (C=O) groups is 3. The Morgan fingerprint density at radius 2 is 1.86 bits per heavy atom. The van der Waals surface area contributed by atoms with Crippen molar-refractivity contribution >= 4 is 28.6 Å². The minimum absolute atomic E-state index is 0.0540. The molecule has 3 rings (SSSR count). The normalized spacial score (nSPS) is 12.0. The highest BCUT2D eigenvalue weighted by molar-refractivity contribution is 6.04. The molecule has 3 aromatic rings. The predicted molar refractivity (Wildman–Crippen MR) is 108 cm³/mol. The zero-order valence-electron chi connectivity index (χ0n) is 16.9. The Balaban J connectivity index is 1.71. The topological polar surface area (TPSA) is 101 Å². The van der Waals surface area contributed by atoms with Gasteiger partial charge in [-0.25, -0.2) is 4.79 Å². The molecule has 1 aromatic carbocycles. The molecule has 0 bridgehead atoms. The highest BCUT2D eigenvalue weighted by Gasteiger charge is 2.27. The summed E-state index contributed by atoms with van der Waals surface area (Å²) in [5.74, 6) is -1.38. The van der Waals surface area contributed by atoms with Crippen molar-refractivity contribution in [2.24, 2.45) is 0 Å². The van der Waals surface area contributed by atoms with Crippen molar-refractivity contribution in [1.29, 1.82) is 0 Å². The molecule has 0 saturated carbocycles. The second-order valence-electron chi connectivity index (χ2n) is 6.88. The number of nitrogens with one attached hydrogen (secondary N) is 2. The van der Waals surface area contributed by atoms with Gasteiger partial charge in [0.25, 0.3) is 0 Å². The van der Waals surface area contributed by atoms with Gasteiger partial charge in [-0.2, -0.15) is 0 Å². The van der Waals surface area contributed by atoms with E-state index < -0.39 is 23.8 Å². The van der Waals surface area contributed by atoms with Gasteiger partial charge in [0, 0.05) is 22.8 Å². The molecule has 2 N–H and O–H groups in total. The molecule has 0 unspecified atom stereocenters. The van der Waals surface area contributed by atoms with Crippen molar-refractivity contribution in [3.8, 4) is 0 Å². The SMILES string of the molecule is CCOC(=O)c1c(C)[nH]c(C(=O)[C@H](C)OC(=O)Cc2c[nH]c3ccccc23)c1C. The van der Waals surface area contributed by atoms with Crippen molar-refractivity contribution < 1.29 is 23.9 Å². The predicted octanol–water partition coefficient (Wildman–Crippen LogP) is 3.65. The largest absolute Gasteiger partial charge is 0.462 e. The van der Waals surface area contributed by atoms with Gasteiger partial charge in [-0.15, -0.1) is 0 Å². The second kappa shape index (κ2) is 8.34. The van der Waals surface area contributed by atoms with E-state index in [1.165, 1.54) is 6.92 Å². The van der Waals surface area contributed by atoms with E-state index in [9.17, 15) is 14.4 Å². The van der Waals surface area contributed by atoms with Crippen LogP contribution in [0.5, 0.6) is 0 Å². The molecular weight excluding hydrogens is 372 g/mol. The van der Waals surface area contributed by atoms with E-state index in [0.29, 0.717) is 16.8 Å². The molecule has 0 radical (unpaired) electrons. The van der Waals surface area contributed by atoms with Gasteiger partial charge < -0.3 is 19.4 Å². The van der Waals surface area contributed by atoms with Crippen molar-refractivity contribution in [1.82, 2.24) is 9.97 Å². The monoisotopic (exact) mass is 396 g/mol. The lowest BCUT2D eigenvalue weighted by molar-refractivity contribution is -0.145. The third-order valence-electron chi connectivity index (χ3n) is 4.85. The van der Waals surface area contributed by atoms with Crippen LogP contribution in [0, 0.1) is 13.8 Å². The number of aromatic amines is 2. The van der Waals surface area contributed by atoms with E-state index in [4.69, 9.17) is 9.47 Å². The summed E-state index contributed by atoms with van der Waals surface area (Å²) in [5, 5.41) is 0.943. The van der Waals surface area contributed by atoms with E-state index >= 15 is 0 Å². The fourth-order valence-electron chi connectivity index (χ4n) is 3.43. The standard InChI is InChI=1S/C22H24N2O5/c1-5-28-22(27)19-12(2)20(24-13(19)3)21(26)14(4)29-18(25)10-15-11-23-17-9-7-6-8-16(15)17/h6-9,11,14,23-24H,5,10H2,1-4H3/t14-/m0/s1. The number of ether oxygens (including phenoxy) is 2. The first kappa shape index (κ1) is 20.4. The number of aromatic nitrogens is 2. The molecule has 0 fully saturated rings. The van der Waals surface area contributed by atoms with Crippen molar-refractivity contribution in [2.45, 2.75) is 40.2 Å². The van der Waals surface area contributed by atoms with Crippen molar-refractivity contribution in [3.63, 3.8) is 0 Å². The smallest absolute Gasteiger partial charge is 0.340 e. The average Bonchev–Trinajstić information content (AvgIpc) is 3.21. The Bertz CT molecular complexity index is 1080. The van der Waals surface area contributed by atoms with Crippen LogP contribution < -0.4 is 0 Å². The number of carbonyl (C=O) groups excluding carboxylic acids is 3. The molecule has 0 aliphatic heterocycles. The number of para-hydroxylation sites is 1. The Hall–Kier alpha value is -3.35. The third-order valence-corrected chi connectivity index (χ3v) is 4.85. The summed E-state index contributed by atoms with van der Waals surface area (Å²) >= 11 is 0. The first-order valence-electron chi connectivity index (χ1n) is 9.48. The molecule has 0 amide bonds. The van der Waals surface area contributed by atoms with Gasteiger partial charge in [0.05, 0.1) is 24.3 Å². The minimum atomic E-state index is -0.987. The maximum Gasteiger partial charge on any atom is 0.340 e. The van der Waals surface area contributed by atoms with Gasteiger partial charge in [-0.05, 0) is 44.9 Å². The molecule has 1 atom stereocenters. The lowest BCUT2D eigenvalue weighted by Gasteiger charge is -2.12.